The number of hydrogen-bond acceptors (Lipinski definition) is 4. The molecular weight excluding hydrogens is 195 g/mol. The van der Waals surface area contributed by atoms with E-state index < -0.39 is 5.60 Å². The fourth-order valence-corrected chi connectivity index (χ4v) is 0.709. The van der Waals surface area contributed by atoms with Crippen LogP contribution in [0.1, 0.15) is 27.2 Å². The van der Waals surface area contributed by atoms with Crippen LogP contribution in [0, 0.1) is 0 Å². The van der Waals surface area contributed by atoms with E-state index in [2.05, 4.69) is 0 Å². The minimum atomic E-state index is -0.449. The van der Waals surface area contributed by atoms with Gasteiger partial charge >= 0.3 is 35.5 Å². The van der Waals surface area contributed by atoms with E-state index in [0.717, 1.165) is 0 Å². The summed E-state index contributed by atoms with van der Waals surface area (Å²) < 4.78 is 9.88. The summed E-state index contributed by atoms with van der Waals surface area (Å²) in [6.45, 7) is 5.57. The van der Waals surface area contributed by atoms with E-state index in [1.54, 1.807) is 0 Å². The summed E-state index contributed by atoms with van der Waals surface area (Å²) in [7, 11) is 0. The Morgan fingerprint density at radius 2 is 1.86 bits per heavy atom. The molecule has 5 heteroatoms. The molecule has 0 saturated heterocycles. The van der Waals surface area contributed by atoms with Gasteiger partial charge in [0.25, 0.3) is 0 Å². The van der Waals surface area contributed by atoms with Gasteiger partial charge in [0.1, 0.15) is 5.60 Å². The van der Waals surface area contributed by atoms with Crippen LogP contribution in [0.15, 0.2) is 0 Å². The topological polar surface area (TPSA) is 58.6 Å². The summed E-state index contributed by atoms with van der Waals surface area (Å²) in [6, 6.07) is 0. The summed E-state index contributed by atoms with van der Waals surface area (Å²) >= 11 is 0. The van der Waals surface area contributed by atoms with Crippen LogP contribution in [0.25, 0.3) is 0 Å². The minimum absolute atomic E-state index is 0. The van der Waals surface area contributed by atoms with Gasteiger partial charge in [-0.3, -0.25) is 4.79 Å². The van der Waals surface area contributed by atoms with Gasteiger partial charge in [0.05, 0.1) is 13.0 Å². The average Bonchev–Trinajstić information content (AvgIpc) is 1.94. The van der Waals surface area contributed by atoms with Crippen LogP contribution in [0.5, 0.6) is 0 Å². The van der Waals surface area contributed by atoms with E-state index in [9.17, 15) is 9.90 Å². The van der Waals surface area contributed by atoms with Crippen LogP contribution in [0.3, 0.4) is 0 Å². The monoisotopic (exact) mass is 212 g/mol. The molecule has 0 amide bonds. The Bertz CT molecular complexity index is 153. The maximum Gasteiger partial charge on any atom is 1.00 e. The zero-order valence-corrected chi connectivity index (χ0v) is 11.5. The standard InChI is InChI=1S/C9H17O4.Na/c1-9(2,3)13-8(11)4-6-12-7-5-10;/h4-7H2,1-3H3;/q-1;+1. The Labute approximate surface area is 107 Å². The smallest absolute Gasteiger partial charge is 0.853 e. The predicted molar refractivity (Wildman–Crippen MR) is 46.1 cm³/mol. The fourth-order valence-electron chi connectivity index (χ4n) is 0.709. The molecule has 0 saturated carbocycles. The quantitative estimate of drug-likeness (QED) is 0.279. The first kappa shape index (κ1) is 16.8. The van der Waals surface area contributed by atoms with Gasteiger partial charge in [-0.25, -0.2) is 0 Å². The van der Waals surface area contributed by atoms with E-state index in [0.29, 0.717) is 0 Å². The maximum atomic E-state index is 11.0. The van der Waals surface area contributed by atoms with Gasteiger partial charge in [0, 0.05) is 6.61 Å². The first-order valence-corrected chi connectivity index (χ1v) is 4.33. The second-order valence-corrected chi connectivity index (χ2v) is 3.65. The third-order valence-corrected chi connectivity index (χ3v) is 1.10. The normalized spacial score (nSPS) is 10.6. The van der Waals surface area contributed by atoms with Crippen molar-refractivity contribution in [3.05, 3.63) is 0 Å². The van der Waals surface area contributed by atoms with Crippen molar-refractivity contribution in [3.8, 4) is 0 Å². The number of carbonyl (C=O) groups is 1. The Morgan fingerprint density at radius 1 is 1.29 bits per heavy atom. The molecule has 78 valence electrons. The van der Waals surface area contributed by atoms with E-state index >= 15 is 0 Å². The van der Waals surface area contributed by atoms with Crippen LogP contribution in [0.4, 0.5) is 0 Å². The second kappa shape index (κ2) is 8.68. The number of ether oxygens (including phenoxy) is 2. The van der Waals surface area contributed by atoms with E-state index in [4.69, 9.17) is 9.47 Å². The van der Waals surface area contributed by atoms with E-state index in [1.807, 2.05) is 20.8 Å². The van der Waals surface area contributed by atoms with Crippen molar-refractivity contribution in [2.45, 2.75) is 32.8 Å². The molecule has 0 heterocycles. The van der Waals surface area contributed by atoms with Crippen LogP contribution >= 0.6 is 0 Å². The molecule has 0 spiro atoms. The molecule has 0 N–H and O–H groups in total. The second-order valence-electron chi connectivity index (χ2n) is 3.65. The summed E-state index contributed by atoms with van der Waals surface area (Å²) in [6.07, 6.45) is 0.206. The van der Waals surface area contributed by atoms with Gasteiger partial charge in [-0.05, 0) is 20.8 Å². The molecule has 0 aliphatic rings. The van der Waals surface area contributed by atoms with Gasteiger partial charge in [0.2, 0.25) is 0 Å². The first-order valence-electron chi connectivity index (χ1n) is 4.33. The van der Waals surface area contributed by atoms with Crippen molar-refractivity contribution in [2.75, 3.05) is 19.8 Å². The van der Waals surface area contributed by atoms with Crippen molar-refractivity contribution in [2.24, 2.45) is 0 Å². The molecule has 4 nitrogen and oxygen atoms in total. The number of esters is 1. The minimum Gasteiger partial charge on any atom is -0.853 e. The molecule has 0 aliphatic heterocycles. The third-order valence-electron chi connectivity index (χ3n) is 1.10. The van der Waals surface area contributed by atoms with Gasteiger partial charge in [-0.1, -0.05) is 0 Å². The largest absolute Gasteiger partial charge is 1.00 e. The van der Waals surface area contributed by atoms with E-state index in [1.165, 1.54) is 0 Å². The fraction of sp³-hybridized carbons (Fsp3) is 0.889. The Hall–Kier alpha value is 0.390. The van der Waals surface area contributed by atoms with Gasteiger partial charge in [-0.15, -0.1) is 6.61 Å². The van der Waals surface area contributed by atoms with Crippen molar-refractivity contribution in [1.29, 1.82) is 0 Å². The SMILES string of the molecule is CC(C)(C)OC(=O)CCOCC[O-].[Na+]. The molecule has 0 rings (SSSR count). The zero-order valence-electron chi connectivity index (χ0n) is 9.46. The molecular formula is C9H17NaO4. The van der Waals surface area contributed by atoms with Gasteiger partial charge < -0.3 is 14.6 Å². The van der Waals surface area contributed by atoms with Crippen molar-refractivity contribution in [1.82, 2.24) is 0 Å². The third kappa shape index (κ3) is 12.4. The molecule has 14 heavy (non-hydrogen) atoms. The van der Waals surface area contributed by atoms with Crippen molar-refractivity contribution < 1.29 is 48.9 Å². The van der Waals surface area contributed by atoms with Crippen molar-refractivity contribution >= 4 is 5.97 Å². The number of carbonyl (C=O) groups excluding carboxylic acids is 1. The maximum absolute atomic E-state index is 11.0. The average molecular weight is 212 g/mol. The molecule has 0 radical (unpaired) electrons. The summed E-state index contributed by atoms with van der Waals surface area (Å²) in [5.41, 5.74) is -0.449. The zero-order chi connectivity index (χ0) is 10.3. The van der Waals surface area contributed by atoms with Crippen LogP contribution in [0.2, 0.25) is 0 Å². The molecule has 0 aromatic rings. The molecule has 0 aromatic carbocycles. The summed E-state index contributed by atoms with van der Waals surface area (Å²) in [5.74, 6) is -0.293. The van der Waals surface area contributed by atoms with E-state index in [-0.39, 0.29) is 61.8 Å². The summed E-state index contributed by atoms with van der Waals surface area (Å²) in [4.78, 5) is 11.0. The first-order chi connectivity index (χ1) is 5.95. The van der Waals surface area contributed by atoms with Gasteiger partial charge in [-0.2, -0.15) is 0 Å². The Balaban J connectivity index is 0. The van der Waals surface area contributed by atoms with Crippen LogP contribution in [-0.2, 0) is 14.3 Å². The van der Waals surface area contributed by atoms with Crippen LogP contribution in [-0.4, -0.2) is 31.4 Å². The number of hydrogen-bond donors (Lipinski definition) is 0. The molecule has 0 unspecified atom stereocenters. The summed E-state index contributed by atoms with van der Waals surface area (Å²) in [5, 5.41) is 9.96. The predicted octanol–water partition coefficient (Wildman–Crippen LogP) is -2.90. The molecule has 0 atom stereocenters. The molecule has 0 aliphatic carbocycles. The van der Waals surface area contributed by atoms with Crippen molar-refractivity contribution in [3.63, 3.8) is 0 Å². The van der Waals surface area contributed by atoms with Gasteiger partial charge in [0.15, 0.2) is 0 Å². The molecule has 0 bridgehead atoms. The molecule has 0 fully saturated rings. The molecule has 0 aromatic heterocycles. The Morgan fingerprint density at radius 3 is 2.29 bits per heavy atom. The number of rotatable bonds is 5. The Kier molecular flexibility index (Phi) is 10.4. The van der Waals surface area contributed by atoms with Crippen LogP contribution < -0.4 is 34.7 Å².